The molecule has 0 aliphatic carbocycles. The van der Waals surface area contributed by atoms with E-state index in [1.807, 2.05) is 25.1 Å². The number of methoxy groups -OCH3 is 1. The molecule has 0 bridgehead atoms. The number of halogens is 2. The highest BCUT2D eigenvalue weighted by Gasteiger charge is 2.35. The van der Waals surface area contributed by atoms with E-state index >= 15 is 0 Å². The monoisotopic (exact) mass is 397 g/mol. The fourth-order valence-electron chi connectivity index (χ4n) is 3.11. The molecule has 1 amide bonds. The molecule has 7 nitrogen and oxygen atoms in total. The lowest BCUT2D eigenvalue weighted by Crippen LogP contribution is -2.36. The van der Waals surface area contributed by atoms with Gasteiger partial charge in [0.2, 0.25) is 0 Å². The topological polar surface area (TPSA) is 88.2 Å². The van der Waals surface area contributed by atoms with Crippen LogP contribution < -0.4 is 20.7 Å². The number of hydrogen-bond donors (Lipinski definition) is 3. The second kappa shape index (κ2) is 7.01. The summed E-state index contributed by atoms with van der Waals surface area (Å²) in [5.41, 5.74) is 0.877. The number of ether oxygens (including phenoxy) is 1. The largest absolute Gasteiger partial charge is 0.497 e. The Balaban J connectivity index is 1.52. The van der Waals surface area contributed by atoms with Crippen molar-refractivity contribution in [2.75, 3.05) is 23.1 Å². The predicted octanol–water partition coefficient (Wildman–Crippen LogP) is 3.73. The number of nitrogens with one attached hydrogen (secondary N) is 3. The number of nitrogens with zero attached hydrogens (tertiary/aromatic N) is 2. The molecule has 4 rings (SSSR count). The Bertz CT molecular complexity index is 1070. The summed E-state index contributed by atoms with van der Waals surface area (Å²) >= 11 is 0. The fraction of sp³-hybridized carbons (Fsp3) is 0.150. The molecule has 2 aromatic carbocycles. The van der Waals surface area contributed by atoms with E-state index in [1.165, 1.54) is 18.5 Å². The number of anilines is 3. The number of hydrogen-bond acceptors (Lipinski definition) is 6. The smallest absolute Gasteiger partial charge is 0.262 e. The Morgan fingerprint density at radius 3 is 2.45 bits per heavy atom. The van der Waals surface area contributed by atoms with Gasteiger partial charge in [-0.25, -0.2) is 13.8 Å². The number of carbonyl (C=O) groups excluding carboxylic acids is 1. The third-order valence-electron chi connectivity index (χ3n) is 4.59. The van der Waals surface area contributed by atoms with E-state index in [-0.39, 0.29) is 5.82 Å². The van der Waals surface area contributed by atoms with E-state index < -0.39 is 28.8 Å². The highest BCUT2D eigenvalue weighted by Crippen LogP contribution is 2.40. The quantitative estimate of drug-likeness (QED) is 0.622. The first-order chi connectivity index (χ1) is 13.9. The first-order valence-corrected chi connectivity index (χ1v) is 8.72. The first kappa shape index (κ1) is 18.6. The van der Waals surface area contributed by atoms with Crippen molar-refractivity contribution in [2.24, 2.45) is 0 Å². The van der Waals surface area contributed by atoms with Crippen LogP contribution in [0.3, 0.4) is 0 Å². The SMILES string of the molecule is COc1ccc2c(c1)NC(C)(c1cnc(NC(=O)c3c(F)cccc3F)cn1)N2. The molecule has 1 aliphatic rings. The molecule has 0 radical (unpaired) electrons. The summed E-state index contributed by atoms with van der Waals surface area (Å²) in [6.45, 7) is 1.89. The van der Waals surface area contributed by atoms with Crippen LogP contribution in [0.25, 0.3) is 0 Å². The maximum Gasteiger partial charge on any atom is 0.262 e. The summed E-state index contributed by atoms with van der Waals surface area (Å²) in [6, 6.07) is 8.79. The molecular formula is C20H17F2N5O2. The molecular weight excluding hydrogens is 380 g/mol. The molecule has 29 heavy (non-hydrogen) atoms. The molecule has 1 aliphatic heterocycles. The van der Waals surface area contributed by atoms with Crippen molar-refractivity contribution in [3.63, 3.8) is 0 Å². The van der Waals surface area contributed by atoms with Crippen LogP contribution in [0.4, 0.5) is 26.0 Å². The first-order valence-electron chi connectivity index (χ1n) is 8.72. The second-order valence-corrected chi connectivity index (χ2v) is 6.62. The molecule has 1 unspecified atom stereocenters. The zero-order chi connectivity index (χ0) is 20.6. The molecule has 2 heterocycles. The van der Waals surface area contributed by atoms with Gasteiger partial charge in [-0.15, -0.1) is 0 Å². The lowest BCUT2D eigenvalue weighted by molar-refractivity contribution is 0.101. The van der Waals surface area contributed by atoms with Gasteiger partial charge in [0, 0.05) is 6.07 Å². The summed E-state index contributed by atoms with van der Waals surface area (Å²) < 4.78 is 32.7. The van der Waals surface area contributed by atoms with Gasteiger partial charge >= 0.3 is 0 Å². The van der Waals surface area contributed by atoms with E-state index in [9.17, 15) is 13.6 Å². The van der Waals surface area contributed by atoms with Crippen molar-refractivity contribution < 1.29 is 18.3 Å². The summed E-state index contributed by atoms with van der Waals surface area (Å²) in [7, 11) is 1.59. The van der Waals surface area contributed by atoms with Crippen molar-refractivity contribution in [1.29, 1.82) is 0 Å². The van der Waals surface area contributed by atoms with Crippen molar-refractivity contribution >= 4 is 23.1 Å². The van der Waals surface area contributed by atoms with Crippen LogP contribution in [-0.4, -0.2) is 23.0 Å². The lowest BCUT2D eigenvalue weighted by atomic mass is 10.1. The van der Waals surface area contributed by atoms with Gasteiger partial charge in [0.1, 0.15) is 28.6 Å². The summed E-state index contributed by atoms with van der Waals surface area (Å²) in [5, 5.41) is 9.00. The molecule has 9 heteroatoms. The van der Waals surface area contributed by atoms with E-state index in [4.69, 9.17) is 4.74 Å². The van der Waals surface area contributed by atoms with E-state index in [2.05, 4.69) is 25.9 Å². The average Bonchev–Trinajstić information content (AvgIpc) is 3.04. The Kier molecular flexibility index (Phi) is 4.50. The average molecular weight is 397 g/mol. The molecule has 1 aromatic heterocycles. The van der Waals surface area contributed by atoms with Crippen LogP contribution in [0.15, 0.2) is 48.8 Å². The molecule has 0 fully saturated rings. The highest BCUT2D eigenvalue weighted by atomic mass is 19.1. The maximum atomic E-state index is 13.7. The fourth-order valence-corrected chi connectivity index (χ4v) is 3.11. The van der Waals surface area contributed by atoms with Gasteiger partial charge in [-0.2, -0.15) is 0 Å². The number of aromatic nitrogens is 2. The van der Waals surface area contributed by atoms with Crippen LogP contribution >= 0.6 is 0 Å². The van der Waals surface area contributed by atoms with E-state index in [0.29, 0.717) is 11.4 Å². The van der Waals surface area contributed by atoms with E-state index in [1.54, 1.807) is 7.11 Å². The highest BCUT2D eigenvalue weighted by molar-refractivity contribution is 6.04. The lowest BCUT2D eigenvalue weighted by Gasteiger charge is -2.25. The number of rotatable bonds is 4. The van der Waals surface area contributed by atoms with Crippen molar-refractivity contribution in [1.82, 2.24) is 9.97 Å². The van der Waals surface area contributed by atoms with Crippen LogP contribution in [0.2, 0.25) is 0 Å². The number of fused-ring (bicyclic) bond motifs is 1. The Morgan fingerprint density at radius 1 is 1.07 bits per heavy atom. The Morgan fingerprint density at radius 2 is 1.79 bits per heavy atom. The molecule has 0 saturated heterocycles. The van der Waals surface area contributed by atoms with E-state index in [0.717, 1.165) is 23.5 Å². The predicted molar refractivity (Wildman–Crippen MR) is 104 cm³/mol. The minimum atomic E-state index is -0.952. The summed E-state index contributed by atoms with van der Waals surface area (Å²) in [6.07, 6.45) is 2.79. The minimum Gasteiger partial charge on any atom is -0.497 e. The van der Waals surface area contributed by atoms with Gasteiger partial charge in [0.05, 0.1) is 30.9 Å². The third-order valence-corrected chi connectivity index (χ3v) is 4.59. The Labute approximate surface area is 165 Å². The zero-order valence-electron chi connectivity index (χ0n) is 15.6. The molecule has 148 valence electrons. The van der Waals surface area contributed by atoms with Gasteiger partial charge in [0.25, 0.3) is 5.91 Å². The van der Waals surface area contributed by atoms with Gasteiger partial charge in [-0.05, 0) is 31.2 Å². The second-order valence-electron chi connectivity index (χ2n) is 6.62. The summed E-state index contributed by atoms with van der Waals surface area (Å²) in [4.78, 5) is 20.6. The van der Waals surface area contributed by atoms with Crippen LogP contribution in [0.5, 0.6) is 5.75 Å². The normalized spacial score (nSPS) is 17.1. The van der Waals surface area contributed by atoms with Crippen LogP contribution in [0.1, 0.15) is 23.0 Å². The molecule has 3 aromatic rings. The zero-order valence-corrected chi connectivity index (χ0v) is 15.6. The van der Waals surface area contributed by atoms with Crippen molar-refractivity contribution in [2.45, 2.75) is 12.6 Å². The minimum absolute atomic E-state index is 0.0715. The molecule has 1 atom stereocenters. The molecule has 0 saturated carbocycles. The van der Waals surface area contributed by atoms with Crippen molar-refractivity contribution in [3.8, 4) is 5.75 Å². The van der Waals surface area contributed by atoms with Crippen LogP contribution in [-0.2, 0) is 5.66 Å². The van der Waals surface area contributed by atoms with Gasteiger partial charge in [-0.3, -0.25) is 9.78 Å². The number of benzene rings is 2. The number of amides is 1. The number of carbonyl (C=O) groups is 1. The maximum absolute atomic E-state index is 13.7. The Hall–Kier alpha value is -3.75. The van der Waals surface area contributed by atoms with Gasteiger partial charge in [-0.1, -0.05) is 6.07 Å². The third kappa shape index (κ3) is 3.42. The van der Waals surface area contributed by atoms with Crippen molar-refractivity contribution in [3.05, 3.63) is 71.7 Å². The van der Waals surface area contributed by atoms with Gasteiger partial charge < -0.3 is 20.7 Å². The van der Waals surface area contributed by atoms with Gasteiger partial charge in [0.15, 0.2) is 11.5 Å². The summed E-state index contributed by atoms with van der Waals surface area (Å²) in [5.74, 6) is -2.06. The standard InChI is InChI=1S/C20H17F2N5O2/c1-20(26-14-7-6-11(29-2)8-15(14)27-20)16-9-24-17(10-23-16)25-19(28)18-12(21)4-3-5-13(18)22/h3-10,26-27H,1-2H3,(H,24,25,28). The molecule has 3 N–H and O–H groups in total. The van der Waals surface area contributed by atoms with Crippen LogP contribution in [0, 0.1) is 11.6 Å². The molecule has 0 spiro atoms.